The Morgan fingerprint density at radius 1 is 1.25 bits per heavy atom. The lowest BCUT2D eigenvalue weighted by Gasteiger charge is -2.22. The van der Waals surface area contributed by atoms with Gasteiger partial charge in [0.05, 0.1) is 23.3 Å². The quantitative estimate of drug-likeness (QED) is 0.835. The fraction of sp³-hybridized carbons (Fsp3) is 0.300. The number of hydrogen-bond acceptors (Lipinski definition) is 5. The molecule has 0 fully saturated rings. The van der Waals surface area contributed by atoms with E-state index in [0.29, 0.717) is 12.2 Å². The molecule has 1 N–H and O–H groups in total. The number of hydrogen-bond donors (Lipinski definition) is 1. The summed E-state index contributed by atoms with van der Waals surface area (Å²) in [5.74, 6) is 0.710. The van der Waals surface area contributed by atoms with E-state index in [1.165, 1.54) is 10.6 Å². The third-order valence-corrected chi connectivity index (χ3v) is 7.04. The minimum atomic E-state index is -3.27. The SMILES string of the molecule is Cc1ccccc1N=C1NN=C(c2ccc3c(c2)C[C@H](C)N3S(C)(=O)=O)CS1. The van der Waals surface area contributed by atoms with E-state index in [1.807, 2.05) is 50.2 Å². The largest absolute Gasteiger partial charge is 0.267 e. The number of benzene rings is 2. The molecular weight excluding hydrogens is 392 g/mol. The lowest BCUT2D eigenvalue weighted by molar-refractivity contribution is 0.590. The molecule has 0 radical (unpaired) electrons. The van der Waals surface area contributed by atoms with Crippen molar-refractivity contribution < 1.29 is 8.42 Å². The van der Waals surface area contributed by atoms with Crippen LogP contribution in [0.15, 0.2) is 52.6 Å². The highest BCUT2D eigenvalue weighted by Crippen LogP contribution is 2.35. The van der Waals surface area contributed by atoms with Crippen molar-refractivity contribution in [1.82, 2.24) is 5.43 Å². The normalized spacial score (nSPS) is 20.7. The Hall–Kier alpha value is -2.32. The summed E-state index contributed by atoms with van der Waals surface area (Å²) in [6.07, 6.45) is 1.97. The van der Waals surface area contributed by atoms with Crippen LogP contribution in [0.25, 0.3) is 0 Å². The molecule has 0 amide bonds. The average molecular weight is 415 g/mol. The fourth-order valence-corrected chi connectivity index (χ4v) is 5.65. The molecule has 2 heterocycles. The lowest BCUT2D eigenvalue weighted by Crippen LogP contribution is -2.34. The molecule has 2 aromatic carbocycles. The number of aliphatic imine (C=N–C) groups is 1. The molecule has 2 aliphatic rings. The van der Waals surface area contributed by atoms with Crippen molar-refractivity contribution in [1.29, 1.82) is 0 Å². The van der Waals surface area contributed by atoms with Crippen molar-refractivity contribution in [2.75, 3.05) is 16.3 Å². The van der Waals surface area contributed by atoms with E-state index in [0.717, 1.165) is 38.9 Å². The molecule has 0 saturated heterocycles. The number of rotatable bonds is 3. The number of anilines is 1. The minimum absolute atomic E-state index is 0.0612. The summed E-state index contributed by atoms with van der Waals surface area (Å²) in [6.45, 7) is 3.97. The number of fused-ring (bicyclic) bond motifs is 1. The molecule has 0 aromatic heterocycles. The summed E-state index contributed by atoms with van der Waals surface area (Å²) >= 11 is 1.61. The van der Waals surface area contributed by atoms with Crippen LogP contribution in [0, 0.1) is 6.92 Å². The molecule has 0 bridgehead atoms. The molecule has 0 saturated carbocycles. The van der Waals surface area contributed by atoms with Crippen LogP contribution in [0.2, 0.25) is 0 Å². The summed E-state index contributed by atoms with van der Waals surface area (Å²) in [7, 11) is -3.27. The second-order valence-corrected chi connectivity index (χ2v) is 9.94. The van der Waals surface area contributed by atoms with Gasteiger partial charge in [0.2, 0.25) is 10.0 Å². The zero-order valence-electron chi connectivity index (χ0n) is 16.0. The molecule has 1 atom stereocenters. The van der Waals surface area contributed by atoms with Crippen LogP contribution < -0.4 is 9.73 Å². The Bertz CT molecular complexity index is 1090. The summed E-state index contributed by atoms with van der Waals surface area (Å²) in [5, 5.41) is 5.28. The van der Waals surface area contributed by atoms with Crippen LogP contribution in [0.3, 0.4) is 0 Å². The van der Waals surface area contributed by atoms with Gasteiger partial charge in [0.1, 0.15) is 0 Å². The molecule has 0 unspecified atom stereocenters. The first-order valence-corrected chi connectivity index (χ1v) is 11.9. The molecule has 4 rings (SSSR count). The van der Waals surface area contributed by atoms with Gasteiger partial charge in [-0.05, 0) is 55.2 Å². The zero-order valence-corrected chi connectivity index (χ0v) is 17.6. The number of aryl methyl sites for hydroxylation is 1. The van der Waals surface area contributed by atoms with Crippen molar-refractivity contribution in [3.05, 3.63) is 59.2 Å². The predicted octanol–water partition coefficient (Wildman–Crippen LogP) is 3.43. The smallest absolute Gasteiger partial charge is 0.232 e. The van der Waals surface area contributed by atoms with Gasteiger partial charge in [-0.1, -0.05) is 36.0 Å². The van der Waals surface area contributed by atoms with E-state index in [-0.39, 0.29) is 6.04 Å². The molecule has 6 nitrogen and oxygen atoms in total. The standard InChI is InChI=1S/C20H22N4O2S2/c1-13-6-4-5-7-17(13)21-20-23-22-18(12-27-20)15-8-9-19-16(11-15)10-14(2)24(19)28(3,25)26/h4-9,11,14H,10,12H2,1-3H3,(H,21,23)/t14-/m0/s1. The molecule has 2 aliphatic heterocycles. The third-order valence-electron chi connectivity index (χ3n) is 4.89. The van der Waals surface area contributed by atoms with Gasteiger partial charge in [-0.2, -0.15) is 5.10 Å². The topological polar surface area (TPSA) is 74.1 Å². The van der Waals surface area contributed by atoms with E-state index in [2.05, 4.69) is 21.6 Å². The maximum atomic E-state index is 12.1. The molecule has 8 heteroatoms. The van der Waals surface area contributed by atoms with Gasteiger partial charge < -0.3 is 0 Å². The van der Waals surface area contributed by atoms with E-state index < -0.39 is 10.0 Å². The van der Waals surface area contributed by atoms with Crippen LogP contribution >= 0.6 is 11.8 Å². The molecular formula is C20H22N4O2S2. The van der Waals surface area contributed by atoms with Crippen molar-refractivity contribution in [3.63, 3.8) is 0 Å². The molecule has 0 spiro atoms. The van der Waals surface area contributed by atoms with Gasteiger partial charge >= 0.3 is 0 Å². The Kier molecular flexibility index (Phi) is 4.93. The summed E-state index contributed by atoms with van der Waals surface area (Å²) < 4.78 is 25.7. The fourth-order valence-electron chi connectivity index (χ4n) is 3.61. The van der Waals surface area contributed by atoms with Gasteiger partial charge in [-0.25, -0.2) is 13.4 Å². The van der Waals surface area contributed by atoms with Gasteiger partial charge in [0, 0.05) is 11.8 Å². The number of para-hydroxylation sites is 1. The third kappa shape index (κ3) is 3.66. The van der Waals surface area contributed by atoms with Crippen molar-refractivity contribution in [2.24, 2.45) is 10.1 Å². The van der Waals surface area contributed by atoms with Gasteiger partial charge in [-0.15, -0.1) is 0 Å². The van der Waals surface area contributed by atoms with Gasteiger partial charge in [0.15, 0.2) is 5.17 Å². The second-order valence-electron chi connectivity index (χ2n) is 7.12. The number of sulfonamides is 1. The van der Waals surface area contributed by atoms with Crippen LogP contribution in [0.1, 0.15) is 23.6 Å². The Morgan fingerprint density at radius 3 is 2.71 bits per heavy atom. The maximum Gasteiger partial charge on any atom is 0.232 e. The van der Waals surface area contributed by atoms with Crippen LogP contribution in [-0.4, -0.2) is 37.3 Å². The maximum absolute atomic E-state index is 12.1. The van der Waals surface area contributed by atoms with E-state index in [4.69, 9.17) is 0 Å². The highest BCUT2D eigenvalue weighted by atomic mass is 32.2. The summed E-state index contributed by atoms with van der Waals surface area (Å²) in [4.78, 5) is 4.64. The Labute approximate surface area is 169 Å². The monoisotopic (exact) mass is 414 g/mol. The van der Waals surface area contributed by atoms with Crippen molar-refractivity contribution in [2.45, 2.75) is 26.3 Å². The first-order valence-electron chi connectivity index (χ1n) is 9.05. The molecule has 28 heavy (non-hydrogen) atoms. The Balaban J connectivity index is 1.57. The zero-order chi connectivity index (χ0) is 19.9. The molecule has 146 valence electrons. The minimum Gasteiger partial charge on any atom is -0.267 e. The number of amidine groups is 1. The van der Waals surface area contributed by atoms with Crippen molar-refractivity contribution >= 4 is 44.0 Å². The Morgan fingerprint density at radius 2 is 2.04 bits per heavy atom. The highest BCUT2D eigenvalue weighted by molar-refractivity contribution is 8.14. The van der Waals surface area contributed by atoms with Gasteiger partial charge in [-0.3, -0.25) is 9.73 Å². The first kappa shape index (κ1) is 19.0. The second kappa shape index (κ2) is 7.25. The van der Waals surface area contributed by atoms with Crippen molar-refractivity contribution in [3.8, 4) is 0 Å². The highest BCUT2D eigenvalue weighted by Gasteiger charge is 2.32. The predicted molar refractivity (Wildman–Crippen MR) is 117 cm³/mol. The number of nitrogens with zero attached hydrogens (tertiary/aromatic N) is 3. The number of nitrogens with one attached hydrogen (secondary N) is 1. The van der Waals surface area contributed by atoms with E-state index >= 15 is 0 Å². The van der Waals surface area contributed by atoms with E-state index in [1.54, 1.807) is 11.8 Å². The molecule has 0 aliphatic carbocycles. The summed E-state index contributed by atoms with van der Waals surface area (Å²) in [5.41, 5.74) is 8.86. The van der Waals surface area contributed by atoms with E-state index in [9.17, 15) is 8.42 Å². The number of thioether (sulfide) groups is 1. The van der Waals surface area contributed by atoms with Gasteiger partial charge in [0.25, 0.3) is 0 Å². The van der Waals surface area contributed by atoms with Crippen LogP contribution in [0.5, 0.6) is 0 Å². The number of hydrazone groups is 1. The summed E-state index contributed by atoms with van der Waals surface area (Å²) in [6, 6.07) is 13.8. The molecule has 2 aromatic rings. The lowest BCUT2D eigenvalue weighted by atomic mass is 10.0. The van der Waals surface area contributed by atoms with Crippen LogP contribution in [0.4, 0.5) is 11.4 Å². The van der Waals surface area contributed by atoms with Crippen LogP contribution in [-0.2, 0) is 16.4 Å². The average Bonchev–Trinajstić information content (AvgIpc) is 2.99. The first-order chi connectivity index (χ1) is 13.3.